The summed E-state index contributed by atoms with van der Waals surface area (Å²) in [5.74, 6) is -1.05. The summed E-state index contributed by atoms with van der Waals surface area (Å²) in [6.45, 7) is 1.92. The van der Waals surface area contributed by atoms with E-state index in [0.29, 0.717) is 6.42 Å². The third-order valence-corrected chi connectivity index (χ3v) is 1.80. The van der Waals surface area contributed by atoms with Gasteiger partial charge < -0.3 is 10.3 Å². The summed E-state index contributed by atoms with van der Waals surface area (Å²) in [5.41, 5.74) is 5.29. The Morgan fingerprint density at radius 3 is 2.54 bits per heavy atom. The second kappa shape index (κ2) is 5.34. The Labute approximate surface area is 76.3 Å². The number of phosphoric acid groups is 1. The fraction of sp³-hybridized carbons (Fsp3) is 0.833. The van der Waals surface area contributed by atoms with Crippen LogP contribution >= 0.6 is 7.82 Å². The molecule has 1 atom stereocenters. The van der Waals surface area contributed by atoms with E-state index in [2.05, 4.69) is 4.52 Å². The zero-order chi connectivity index (χ0) is 10.5. The Kier molecular flexibility index (Phi) is 5.17. The smallest absolute Gasteiger partial charge is 0.369 e. The van der Waals surface area contributed by atoms with Gasteiger partial charge >= 0.3 is 13.8 Å². The fourth-order valence-corrected chi connectivity index (χ4v) is 1.10. The molecule has 6 nitrogen and oxygen atoms in total. The van der Waals surface area contributed by atoms with Gasteiger partial charge in [0.1, 0.15) is 6.04 Å². The van der Waals surface area contributed by atoms with Gasteiger partial charge in [-0.25, -0.2) is 9.36 Å². The lowest BCUT2D eigenvalue weighted by molar-refractivity contribution is -0.137. The van der Waals surface area contributed by atoms with Gasteiger partial charge in [0.05, 0.1) is 0 Å². The van der Waals surface area contributed by atoms with E-state index in [1.54, 1.807) is 0 Å². The van der Waals surface area contributed by atoms with E-state index in [9.17, 15) is 9.36 Å². The van der Waals surface area contributed by atoms with Crippen LogP contribution in [0.25, 0.3) is 0 Å². The summed E-state index contributed by atoms with van der Waals surface area (Å²) in [5, 5.41) is 0. The second-order valence-corrected chi connectivity index (χ2v) is 3.81. The van der Waals surface area contributed by atoms with Crippen LogP contribution in [-0.4, -0.2) is 21.8 Å². The van der Waals surface area contributed by atoms with Crippen molar-refractivity contribution in [2.45, 2.75) is 32.2 Å². The molecular formula is C6H14NO5P. The molecule has 78 valence electrons. The minimum absolute atomic E-state index is 0.370. The van der Waals surface area contributed by atoms with E-state index >= 15 is 0 Å². The van der Waals surface area contributed by atoms with E-state index in [0.717, 1.165) is 12.8 Å². The molecule has 0 fully saturated rings. The predicted molar refractivity (Wildman–Crippen MR) is 45.6 cm³/mol. The molecule has 0 aromatic carbocycles. The molecule has 0 saturated heterocycles. The van der Waals surface area contributed by atoms with Crippen molar-refractivity contribution < 1.29 is 23.7 Å². The molecule has 0 aromatic rings. The first-order valence-electron chi connectivity index (χ1n) is 3.91. The maximum atomic E-state index is 10.8. The Balaban J connectivity index is 3.90. The van der Waals surface area contributed by atoms with Crippen molar-refractivity contribution in [3.63, 3.8) is 0 Å². The number of nitrogens with two attached hydrogens (primary N) is 1. The average Bonchev–Trinajstić information content (AvgIpc) is 1.96. The number of unbranched alkanes of at least 4 members (excludes halogenated alkanes) is 1. The molecule has 0 aliphatic carbocycles. The normalized spacial score (nSPS) is 13.8. The molecule has 4 N–H and O–H groups in total. The number of hydrogen-bond donors (Lipinski definition) is 3. The van der Waals surface area contributed by atoms with Crippen molar-refractivity contribution in [3.8, 4) is 0 Å². The SMILES string of the molecule is CCCCC(N)C(=O)OP(=O)(O)O. The number of carbonyl (C=O) groups excluding carboxylic acids is 1. The molecule has 0 bridgehead atoms. The van der Waals surface area contributed by atoms with Crippen LogP contribution in [0.5, 0.6) is 0 Å². The van der Waals surface area contributed by atoms with Gasteiger partial charge in [-0.2, -0.15) is 0 Å². The van der Waals surface area contributed by atoms with Gasteiger partial charge in [-0.3, -0.25) is 9.79 Å². The number of phosphoric ester groups is 1. The molecule has 7 heteroatoms. The molecular weight excluding hydrogens is 197 g/mol. The maximum absolute atomic E-state index is 10.8. The minimum atomic E-state index is -4.74. The molecule has 13 heavy (non-hydrogen) atoms. The maximum Gasteiger partial charge on any atom is 0.527 e. The Bertz CT molecular complexity index is 213. The fourth-order valence-electron chi connectivity index (χ4n) is 0.727. The van der Waals surface area contributed by atoms with Crippen molar-refractivity contribution in [2.24, 2.45) is 5.73 Å². The van der Waals surface area contributed by atoms with Crippen LogP contribution in [0.3, 0.4) is 0 Å². The Morgan fingerprint density at radius 1 is 1.62 bits per heavy atom. The quantitative estimate of drug-likeness (QED) is 0.558. The molecule has 1 unspecified atom stereocenters. The number of carbonyl (C=O) groups is 1. The lowest BCUT2D eigenvalue weighted by atomic mass is 10.1. The standard InChI is InChI=1S/C6H14NO5P/c1-2-3-4-5(7)6(8)12-13(9,10)11/h5H,2-4,7H2,1H3,(H2,9,10,11). The summed E-state index contributed by atoms with van der Waals surface area (Å²) in [4.78, 5) is 27.4. The summed E-state index contributed by atoms with van der Waals surface area (Å²) < 4.78 is 14.0. The highest BCUT2D eigenvalue weighted by Crippen LogP contribution is 2.36. The molecule has 0 amide bonds. The van der Waals surface area contributed by atoms with Crippen molar-refractivity contribution in [2.75, 3.05) is 0 Å². The summed E-state index contributed by atoms with van der Waals surface area (Å²) in [6.07, 6.45) is 1.95. The summed E-state index contributed by atoms with van der Waals surface area (Å²) >= 11 is 0. The first-order valence-corrected chi connectivity index (χ1v) is 5.44. The predicted octanol–water partition coefficient (Wildman–Crippen LogP) is 0.140. The van der Waals surface area contributed by atoms with Gasteiger partial charge in [0.2, 0.25) is 0 Å². The van der Waals surface area contributed by atoms with Crippen LogP contribution < -0.4 is 5.73 Å². The molecule has 0 aliphatic heterocycles. The van der Waals surface area contributed by atoms with Crippen LogP contribution in [0.2, 0.25) is 0 Å². The van der Waals surface area contributed by atoms with Gasteiger partial charge in [0.15, 0.2) is 0 Å². The van der Waals surface area contributed by atoms with Crippen LogP contribution in [0.4, 0.5) is 0 Å². The van der Waals surface area contributed by atoms with Crippen molar-refractivity contribution >= 4 is 13.8 Å². The zero-order valence-corrected chi connectivity index (χ0v) is 8.24. The van der Waals surface area contributed by atoms with Gasteiger partial charge in [-0.05, 0) is 6.42 Å². The van der Waals surface area contributed by atoms with E-state index < -0.39 is 19.8 Å². The number of rotatable bonds is 5. The third-order valence-electron chi connectivity index (χ3n) is 1.38. The molecule has 0 rings (SSSR count). The van der Waals surface area contributed by atoms with Gasteiger partial charge in [0, 0.05) is 0 Å². The van der Waals surface area contributed by atoms with Crippen molar-refractivity contribution in [1.82, 2.24) is 0 Å². The Hall–Kier alpha value is -0.420. The molecule has 0 spiro atoms. The summed E-state index contributed by atoms with van der Waals surface area (Å²) in [6, 6.07) is -0.951. The van der Waals surface area contributed by atoms with Crippen LogP contribution in [0, 0.1) is 0 Å². The van der Waals surface area contributed by atoms with Gasteiger partial charge in [0.25, 0.3) is 0 Å². The largest absolute Gasteiger partial charge is 0.527 e. The molecule has 0 heterocycles. The highest BCUT2D eigenvalue weighted by Gasteiger charge is 2.24. The second-order valence-electron chi connectivity index (χ2n) is 2.65. The number of hydrogen-bond acceptors (Lipinski definition) is 4. The monoisotopic (exact) mass is 211 g/mol. The van der Waals surface area contributed by atoms with E-state index in [4.69, 9.17) is 15.5 Å². The first kappa shape index (κ1) is 12.6. The van der Waals surface area contributed by atoms with E-state index in [1.807, 2.05) is 6.92 Å². The van der Waals surface area contributed by atoms with E-state index in [1.165, 1.54) is 0 Å². The van der Waals surface area contributed by atoms with Crippen molar-refractivity contribution in [1.29, 1.82) is 0 Å². The highest BCUT2D eigenvalue weighted by atomic mass is 31.2. The van der Waals surface area contributed by atoms with Crippen molar-refractivity contribution in [3.05, 3.63) is 0 Å². The van der Waals surface area contributed by atoms with Crippen LogP contribution in [0.15, 0.2) is 0 Å². The molecule has 0 aliphatic rings. The molecule has 0 aromatic heterocycles. The van der Waals surface area contributed by atoms with Crippen LogP contribution in [0.1, 0.15) is 26.2 Å². The zero-order valence-electron chi connectivity index (χ0n) is 7.34. The average molecular weight is 211 g/mol. The van der Waals surface area contributed by atoms with Gasteiger partial charge in [-0.1, -0.05) is 19.8 Å². The van der Waals surface area contributed by atoms with Crippen LogP contribution in [-0.2, 0) is 13.9 Å². The summed E-state index contributed by atoms with van der Waals surface area (Å²) in [7, 11) is -4.74. The van der Waals surface area contributed by atoms with Gasteiger partial charge in [-0.15, -0.1) is 0 Å². The topological polar surface area (TPSA) is 110 Å². The third kappa shape index (κ3) is 6.72. The molecule has 0 radical (unpaired) electrons. The Morgan fingerprint density at radius 2 is 2.15 bits per heavy atom. The lowest BCUT2D eigenvalue weighted by Gasteiger charge is -2.10. The first-order chi connectivity index (χ1) is 5.87. The van der Waals surface area contributed by atoms with E-state index in [-0.39, 0.29) is 0 Å². The highest BCUT2D eigenvalue weighted by molar-refractivity contribution is 7.46. The lowest BCUT2D eigenvalue weighted by Crippen LogP contribution is -2.31. The molecule has 0 saturated carbocycles. The minimum Gasteiger partial charge on any atom is -0.369 e.